The van der Waals surface area contributed by atoms with Crippen molar-refractivity contribution in [2.24, 2.45) is 0 Å². The van der Waals surface area contributed by atoms with Crippen molar-refractivity contribution in [3.05, 3.63) is 50.5 Å². The summed E-state index contributed by atoms with van der Waals surface area (Å²) in [5.74, 6) is -0.541. The smallest absolute Gasteiger partial charge is 0.337 e. The van der Waals surface area contributed by atoms with Gasteiger partial charge in [0.05, 0.1) is 29.7 Å². The second-order valence-corrected chi connectivity index (χ2v) is 4.77. The number of thiazole rings is 1. The number of carbonyl (C=O) groups excluding carboxylic acids is 1. The number of ether oxygens (including phenoxy) is 1. The number of carbonyl (C=O) groups is 1. The third-order valence-electron chi connectivity index (χ3n) is 2.55. The van der Waals surface area contributed by atoms with Crippen LogP contribution >= 0.6 is 11.3 Å². The number of methoxy groups -OCH3 is 1. The van der Waals surface area contributed by atoms with Crippen LogP contribution < -0.4 is 5.32 Å². The van der Waals surface area contributed by atoms with Gasteiger partial charge < -0.3 is 10.1 Å². The molecule has 0 saturated carbocycles. The first-order chi connectivity index (χ1) is 9.61. The highest BCUT2D eigenvalue weighted by molar-refractivity contribution is 7.09. The average molecular weight is 293 g/mol. The van der Waals surface area contributed by atoms with Gasteiger partial charge in [0.25, 0.3) is 5.69 Å². The molecule has 104 valence electrons. The summed E-state index contributed by atoms with van der Waals surface area (Å²) in [5, 5.41) is 13.9. The van der Waals surface area contributed by atoms with Gasteiger partial charge in [-0.25, -0.2) is 4.79 Å². The molecule has 20 heavy (non-hydrogen) atoms. The predicted octanol–water partition coefficient (Wildman–Crippen LogP) is 2.45. The highest BCUT2D eigenvalue weighted by atomic mass is 32.1. The monoisotopic (exact) mass is 293 g/mol. The normalized spacial score (nSPS) is 10.1. The Morgan fingerprint density at radius 1 is 1.55 bits per heavy atom. The average Bonchev–Trinajstić information content (AvgIpc) is 2.97. The highest BCUT2D eigenvalue weighted by Crippen LogP contribution is 2.26. The number of esters is 1. The molecule has 0 aliphatic heterocycles. The Balaban J connectivity index is 2.26. The van der Waals surface area contributed by atoms with Crippen LogP contribution in [0.2, 0.25) is 0 Å². The number of nitro benzene ring substituents is 1. The second kappa shape index (κ2) is 6.11. The van der Waals surface area contributed by atoms with Gasteiger partial charge in [0.1, 0.15) is 5.69 Å². The molecular weight excluding hydrogens is 282 g/mol. The minimum absolute atomic E-state index is 0.0952. The Labute approximate surface area is 118 Å². The Bertz CT molecular complexity index is 628. The van der Waals surface area contributed by atoms with E-state index in [1.807, 2.05) is 0 Å². The van der Waals surface area contributed by atoms with Gasteiger partial charge in [-0.05, 0) is 12.1 Å². The summed E-state index contributed by atoms with van der Waals surface area (Å²) in [6.45, 7) is 0.399. The lowest BCUT2D eigenvalue weighted by atomic mass is 10.1. The molecule has 1 heterocycles. The molecular formula is C12H11N3O4S. The molecule has 0 atom stereocenters. The van der Waals surface area contributed by atoms with Crippen molar-refractivity contribution < 1.29 is 14.5 Å². The molecule has 1 N–H and O–H groups in total. The molecule has 0 aliphatic carbocycles. The van der Waals surface area contributed by atoms with Crippen LogP contribution in [-0.2, 0) is 11.3 Å². The Kier molecular flexibility index (Phi) is 4.26. The first-order valence-corrected chi connectivity index (χ1v) is 6.47. The number of anilines is 1. The predicted molar refractivity (Wildman–Crippen MR) is 73.9 cm³/mol. The van der Waals surface area contributed by atoms with Gasteiger partial charge in [-0.15, -0.1) is 11.3 Å². The first kappa shape index (κ1) is 13.9. The lowest BCUT2D eigenvalue weighted by Gasteiger charge is -2.07. The molecule has 0 amide bonds. The number of benzene rings is 1. The van der Waals surface area contributed by atoms with Crippen molar-refractivity contribution in [2.45, 2.75) is 6.54 Å². The topological polar surface area (TPSA) is 94.4 Å². The zero-order chi connectivity index (χ0) is 14.5. The second-order valence-electron chi connectivity index (χ2n) is 3.80. The molecule has 0 unspecified atom stereocenters. The molecule has 8 heteroatoms. The summed E-state index contributed by atoms with van der Waals surface area (Å²) in [5.41, 5.74) is 2.11. The summed E-state index contributed by atoms with van der Waals surface area (Å²) in [7, 11) is 1.26. The highest BCUT2D eigenvalue weighted by Gasteiger charge is 2.17. The van der Waals surface area contributed by atoms with Gasteiger partial charge in [-0.1, -0.05) is 0 Å². The van der Waals surface area contributed by atoms with Crippen molar-refractivity contribution in [1.29, 1.82) is 0 Å². The van der Waals surface area contributed by atoms with Gasteiger partial charge in [0.15, 0.2) is 0 Å². The Morgan fingerprint density at radius 2 is 2.35 bits per heavy atom. The molecule has 1 aromatic carbocycles. The summed E-state index contributed by atoms with van der Waals surface area (Å²) >= 11 is 1.44. The maximum absolute atomic E-state index is 11.5. The van der Waals surface area contributed by atoms with E-state index >= 15 is 0 Å². The van der Waals surface area contributed by atoms with Crippen molar-refractivity contribution >= 4 is 28.7 Å². The van der Waals surface area contributed by atoms with Crippen LogP contribution in [0.5, 0.6) is 0 Å². The van der Waals surface area contributed by atoms with Crippen molar-refractivity contribution in [3.8, 4) is 0 Å². The minimum Gasteiger partial charge on any atom is -0.465 e. The van der Waals surface area contributed by atoms with E-state index in [9.17, 15) is 14.9 Å². The number of nitrogens with one attached hydrogen (secondary N) is 1. The third kappa shape index (κ3) is 3.09. The third-order valence-corrected chi connectivity index (χ3v) is 3.33. The van der Waals surface area contributed by atoms with E-state index in [2.05, 4.69) is 15.0 Å². The molecule has 0 spiro atoms. The number of hydrogen-bond acceptors (Lipinski definition) is 7. The van der Waals surface area contributed by atoms with E-state index in [1.54, 1.807) is 11.7 Å². The quantitative estimate of drug-likeness (QED) is 0.517. The summed E-state index contributed by atoms with van der Waals surface area (Å²) in [6, 6.07) is 4.05. The van der Waals surface area contributed by atoms with E-state index < -0.39 is 10.9 Å². The minimum atomic E-state index is -0.541. The summed E-state index contributed by atoms with van der Waals surface area (Å²) < 4.78 is 4.60. The zero-order valence-corrected chi connectivity index (χ0v) is 11.3. The van der Waals surface area contributed by atoms with Crippen molar-refractivity contribution in [2.75, 3.05) is 12.4 Å². The molecule has 0 radical (unpaired) electrons. The number of nitrogens with zero attached hydrogens (tertiary/aromatic N) is 2. The van der Waals surface area contributed by atoms with Crippen LogP contribution in [0.1, 0.15) is 15.2 Å². The Morgan fingerprint density at radius 3 is 2.95 bits per heavy atom. The van der Waals surface area contributed by atoms with Gasteiger partial charge in [0.2, 0.25) is 0 Å². The maximum Gasteiger partial charge on any atom is 0.337 e. The fraction of sp³-hybridized carbons (Fsp3) is 0.167. The summed E-state index contributed by atoms with van der Waals surface area (Å²) in [6.07, 6.45) is 1.67. The lowest BCUT2D eigenvalue weighted by Crippen LogP contribution is -2.06. The van der Waals surface area contributed by atoms with Crippen molar-refractivity contribution in [3.63, 3.8) is 0 Å². The van der Waals surface area contributed by atoms with Crippen LogP contribution in [-0.4, -0.2) is 23.0 Å². The molecule has 7 nitrogen and oxygen atoms in total. The largest absolute Gasteiger partial charge is 0.465 e. The van der Waals surface area contributed by atoms with E-state index in [-0.39, 0.29) is 16.9 Å². The fourth-order valence-electron chi connectivity index (χ4n) is 1.59. The van der Waals surface area contributed by atoms with E-state index in [4.69, 9.17) is 0 Å². The van der Waals surface area contributed by atoms with Crippen LogP contribution in [0.15, 0.2) is 29.9 Å². The lowest BCUT2D eigenvalue weighted by molar-refractivity contribution is -0.384. The molecule has 0 saturated heterocycles. The van der Waals surface area contributed by atoms with Crippen LogP contribution in [0.3, 0.4) is 0 Å². The van der Waals surface area contributed by atoms with Crippen LogP contribution in [0, 0.1) is 10.1 Å². The molecule has 0 bridgehead atoms. The van der Waals surface area contributed by atoms with Gasteiger partial charge >= 0.3 is 5.97 Å². The first-order valence-electron chi connectivity index (χ1n) is 5.60. The van der Waals surface area contributed by atoms with Gasteiger partial charge in [0, 0.05) is 17.1 Å². The van der Waals surface area contributed by atoms with Crippen molar-refractivity contribution in [1.82, 2.24) is 4.98 Å². The van der Waals surface area contributed by atoms with Gasteiger partial charge in [-0.2, -0.15) is 0 Å². The number of hydrogen-bond donors (Lipinski definition) is 1. The Hall–Kier alpha value is -2.48. The van der Waals surface area contributed by atoms with Crippen LogP contribution in [0.25, 0.3) is 0 Å². The van der Waals surface area contributed by atoms with E-state index in [0.29, 0.717) is 6.54 Å². The zero-order valence-electron chi connectivity index (χ0n) is 10.5. The molecule has 2 rings (SSSR count). The van der Waals surface area contributed by atoms with Crippen LogP contribution in [0.4, 0.5) is 11.4 Å². The molecule has 0 fully saturated rings. The standard InChI is InChI=1S/C12H11N3O4S/c1-19-12(16)8-2-3-11(15(17)18)10(4-8)14-6-9-5-13-7-20-9/h2-5,7,14H,6H2,1H3. The number of nitro groups is 1. The maximum atomic E-state index is 11.5. The van der Waals surface area contributed by atoms with Gasteiger partial charge in [-0.3, -0.25) is 15.1 Å². The van der Waals surface area contributed by atoms with E-state index in [1.165, 1.54) is 36.6 Å². The fourth-order valence-corrected chi connectivity index (χ4v) is 2.13. The SMILES string of the molecule is COC(=O)c1ccc([N+](=O)[O-])c(NCc2cncs2)c1. The molecule has 0 aliphatic rings. The summed E-state index contributed by atoms with van der Waals surface area (Å²) in [4.78, 5) is 26.8. The molecule has 1 aromatic heterocycles. The molecule has 2 aromatic rings. The number of rotatable bonds is 5. The number of aromatic nitrogens is 1. The van der Waals surface area contributed by atoms with E-state index in [0.717, 1.165) is 4.88 Å².